The Balaban J connectivity index is 0. The Kier molecular flexibility index (Phi) is 20.4. The van der Waals surface area contributed by atoms with Crippen LogP contribution in [0.2, 0.25) is 0 Å². The molecule has 0 aliphatic rings. The number of rotatable bonds is 0. The molecule has 22 valence electrons. The topological polar surface area (TPSA) is 34.1 Å². The van der Waals surface area contributed by atoms with Gasteiger partial charge in [0.05, 0.1) is 0 Å². The van der Waals surface area contributed by atoms with Crippen molar-refractivity contribution in [2.75, 3.05) is 0 Å². The van der Waals surface area contributed by atoms with Crippen LogP contribution in [0.15, 0.2) is 0 Å². The van der Waals surface area contributed by atoms with Gasteiger partial charge in [0.1, 0.15) is 0 Å². The minimum Gasteiger partial charge on any atom is -0.241 e. The Morgan fingerprint density at radius 2 is 1.25 bits per heavy atom. The Labute approximate surface area is 43.9 Å². The third-order valence-electron chi connectivity index (χ3n) is 0. The van der Waals surface area contributed by atoms with E-state index < -0.39 is 8.34 Å². The molecule has 0 amide bonds. The van der Waals surface area contributed by atoms with Crippen molar-refractivity contribution < 1.29 is 35.3 Å². The van der Waals surface area contributed by atoms with Crippen molar-refractivity contribution >= 4 is 8.34 Å². The molecule has 4 heavy (non-hydrogen) atoms. The molecule has 0 heterocycles. The molecule has 0 aromatic carbocycles. The first-order chi connectivity index (χ1) is 1.41. The van der Waals surface area contributed by atoms with E-state index in [1.54, 1.807) is 0 Å². The SMILES string of the molecule is O=[PH]=O.[Zr]. The van der Waals surface area contributed by atoms with E-state index in [1.807, 2.05) is 0 Å². The summed E-state index contributed by atoms with van der Waals surface area (Å²) in [5, 5.41) is 0. The van der Waals surface area contributed by atoms with Gasteiger partial charge in [0.15, 0.2) is 0 Å². The summed E-state index contributed by atoms with van der Waals surface area (Å²) in [6.07, 6.45) is 0. The van der Waals surface area contributed by atoms with Gasteiger partial charge in [-0.25, -0.2) is 9.13 Å². The van der Waals surface area contributed by atoms with Gasteiger partial charge in [-0.15, -0.1) is 0 Å². The maximum Gasteiger partial charge on any atom is 0.303 e. The quantitative estimate of drug-likeness (QED) is 0.473. The third-order valence-corrected chi connectivity index (χ3v) is 0. The van der Waals surface area contributed by atoms with Gasteiger partial charge in [-0.1, -0.05) is 0 Å². The summed E-state index contributed by atoms with van der Waals surface area (Å²) in [5.41, 5.74) is 0. The molecule has 0 aliphatic heterocycles. The molecule has 4 heteroatoms. The summed E-state index contributed by atoms with van der Waals surface area (Å²) in [6.45, 7) is 0. The smallest absolute Gasteiger partial charge is 0.241 e. The van der Waals surface area contributed by atoms with Gasteiger partial charge in [-0.05, 0) is 0 Å². The standard InChI is InChI=1S/HO2P.Zr/c1-3-2;/h3H;. The number of hydrogen-bond acceptors (Lipinski definition) is 2. The zero-order chi connectivity index (χ0) is 2.71. The molecule has 0 aromatic heterocycles. The summed E-state index contributed by atoms with van der Waals surface area (Å²) >= 11 is 0. The molecule has 0 aliphatic carbocycles. The number of hydrogen-bond donors (Lipinski definition) is 0. The van der Waals surface area contributed by atoms with Gasteiger partial charge >= 0.3 is 8.34 Å². The van der Waals surface area contributed by atoms with Gasteiger partial charge in [0, 0.05) is 26.2 Å². The molecule has 2 nitrogen and oxygen atoms in total. The van der Waals surface area contributed by atoms with Crippen LogP contribution in [0.4, 0.5) is 0 Å². The second kappa shape index (κ2) is 9.22. The largest absolute Gasteiger partial charge is 0.303 e. The van der Waals surface area contributed by atoms with Crippen LogP contribution in [0.1, 0.15) is 0 Å². The van der Waals surface area contributed by atoms with Crippen LogP contribution in [-0.4, -0.2) is 0 Å². The first-order valence-corrected chi connectivity index (χ1v) is 1.22. The molecule has 0 aromatic rings. The summed E-state index contributed by atoms with van der Waals surface area (Å²) in [4.78, 5) is 0. The van der Waals surface area contributed by atoms with Crippen molar-refractivity contribution in [1.82, 2.24) is 0 Å². The van der Waals surface area contributed by atoms with Crippen LogP contribution >= 0.6 is 8.34 Å². The van der Waals surface area contributed by atoms with Gasteiger partial charge in [0.25, 0.3) is 0 Å². The van der Waals surface area contributed by atoms with Crippen LogP contribution in [-0.2, 0) is 35.3 Å². The van der Waals surface area contributed by atoms with Crippen molar-refractivity contribution in [1.29, 1.82) is 0 Å². The van der Waals surface area contributed by atoms with Crippen LogP contribution in [0.5, 0.6) is 0 Å². The molecule has 0 saturated carbocycles. The predicted octanol–water partition coefficient (Wildman–Crippen LogP) is 0.353. The van der Waals surface area contributed by atoms with E-state index in [0.717, 1.165) is 0 Å². The van der Waals surface area contributed by atoms with E-state index in [0.29, 0.717) is 0 Å². The normalized spacial score (nSPS) is 3.00. The van der Waals surface area contributed by atoms with E-state index in [9.17, 15) is 0 Å². The summed E-state index contributed by atoms with van der Waals surface area (Å²) in [6, 6.07) is 0. The Morgan fingerprint density at radius 1 is 1.25 bits per heavy atom. The fourth-order valence-corrected chi connectivity index (χ4v) is 0. The maximum absolute atomic E-state index is 8.40. The van der Waals surface area contributed by atoms with Crippen molar-refractivity contribution in [2.24, 2.45) is 0 Å². The van der Waals surface area contributed by atoms with Crippen LogP contribution in [0.25, 0.3) is 0 Å². The molecule has 0 atom stereocenters. The molecular formula is HO2PZr. The predicted molar refractivity (Wildman–Crippen MR) is 9.69 cm³/mol. The third kappa shape index (κ3) is 14.4. The molecule has 0 rings (SSSR count). The molecule has 0 unspecified atom stereocenters. The fraction of sp³-hybridized carbons (Fsp3) is 0. The second-order valence-corrected chi connectivity index (χ2v) is 0.250. The average Bonchev–Trinajstić information content (AvgIpc) is 0.918. The van der Waals surface area contributed by atoms with Gasteiger partial charge in [-0.3, -0.25) is 0 Å². The van der Waals surface area contributed by atoms with Crippen LogP contribution < -0.4 is 0 Å². The molecule has 0 bridgehead atoms. The summed E-state index contributed by atoms with van der Waals surface area (Å²) < 4.78 is 16.8. The Bertz CT molecular complexity index is 27.0. The molecule has 0 saturated heterocycles. The Morgan fingerprint density at radius 3 is 1.25 bits per heavy atom. The van der Waals surface area contributed by atoms with E-state index in [1.165, 1.54) is 0 Å². The molecular weight excluding hydrogens is 154 g/mol. The van der Waals surface area contributed by atoms with Crippen molar-refractivity contribution in [2.45, 2.75) is 0 Å². The zero-order valence-corrected chi connectivity index (χ0v) is 5.27. The molecule has 0 spiro atoms. The molecule has 0 fully saturated rings. The van der Waals surface area contributed by atoms with Crippen molar-refractivity contribution in [3.8, 4) is 0 Å². The maximum atomic E-state index is 8.40. The van der Waals surface area contributed by atoms with E-state index in [-0.39, 0.29) is 26.2 Å². The Hall–Kier alpha value is 0.783. The van der Waals surface area contributed by atoms with Gasteiger partial charge in [-0.2, -0.15) is 0 Å². The van der Waals surface area contributed by atoms with E-state index >= 15 is 0 Å². The van der Waals surface area contributed by atoms with Crippen molar-refractivity contribution in [3.05, 3.63) is 0 Å². The monoisotopic (exact) mass is 154 g/mol. The first kappa shape index (κ1) is 8.84. The summed E-state index contributed by atoms with van der Waals surface area (Å²) in [7, 11) is -1.42. The minimum absolute atomic E-state index is 0. The average molecular weight is 155 g/mol. The van der Waals surface area contributed by atoms with Crippen LogP contribution in [0, 0.1) is 0 Å². The van der Waals surface area contributed by atoms with E-state index in [4.69, 9.17) is 9.13 Å². The molecule has 0 radical (unpaired) electrons. The zero-order valence-electron chi connectivity index (χ0n) is 1.82. The minimum atomic E-state index is -1.42. The van der Waals surface area contributed by atoms with Gasteiger partial charge in [0.2, 0.25) is 0 Å². The summed E-state index contributed by atoms with van der Waals surface area (Å²) in [5.74, 6) is 0. The second-order valence-electron chi connectivity index (χ2n) is 0.0833. The fourth-order valence-electron chi connectivity index (χ4n) is 0. The molecule has 0 N–H and O–H groups in total. The first-order valence-electron chi connectivity index (χ1n) is 0.408. The van der Waals surface area contributed by atoms with Crippen molar-refractivity contribution in [3.63, 3.8) is 0 Å². The van der Waals surface area contributed by atoms with E-state index in [2.05, 4.69) is 0 Å². The van der Waals surface area contributed by atoms with Crippen LogP contribution in [0.3, 0.4) is 0 Å². The van der Waals surface area contributed by atoms with Gasteiger partial charge < -0.3 is 0 Å².